The molecule has 5 nitrogen and oxygen atoms in total. The first-order chi connectivity index (χ1) is 12.9. The van der Waals surface area contributed by atoms with Crippen molar-refractivity contribution in [1.82, 2.24) is 5.06 Å². The summed E-state index contributed by atoms with van der Waals surface area (Å²) in [5.74, 6) is -2.48. The normalized spacial score (nSPS) is 13.2. The summed E-state index contributed by atoms with van der Waals surface area (Å²) >= 11 is 16.2. The lowest BCUT2D eigenvalue weighted by Crippen LogP contribution is -2.32. The van der Waals surface area contributed by atoms with E-state index in [1.807, 2.05) is 6.07 Å². The first-order valence-electron chi connectivity index (χ1n) is 7.70. The van der Waals surface area contributed by atoms with E-state index in [1.165, 1.54) is 18.2 Å². The van der Waals surface area contributed by atoms with Gasteiger partial charge >= 0.3 is 5.97 Å². The SMILES string of the molecule is O=C(ON1C(=O)c2c(S)cc3ccccc3c2C1=O)c1cccc(Cl)c1Cl. The van der Waals surface area contributed by atoms with Crippen LogP contribution in [0.1, 0.15) is 31.1 Å². The van der Waals surface area contributed by atoms with Crippen LogP contribution in [0.2, 0.25) is 10.0 Å². The highest BCUT2D eigenvalue weighted by Crippen LogP contribution is 2.35. The highest BCUT2D eigenvalue weighted by atomic mass is 35.5. The smallest absolute Gasteiger partial charge is 0.324 e. The van der Waals surface area contributed by atoms with Crippen molar-refractivity contribution in [2.24, 2.45) is 0 Å². The number of amides is 2. The molecule has 27 heavy (non-hydrogen) atoms. The lowest BCUT2D eigenvalue weighted by atomic mass is 10.0. The molecule has 0 bridgehead atoms. The van der Waals surface area contributed by atoms with Crippen LogP contribution in [0.3, 0.4) is 0 Å². The number of rotatable bonds is 2. The summed E-state index contributed by atoms with van der Waals surface area (Å²) < 4.78 is 0. The van der Waals surface area contributed by atoms with Crippen LogP contribution in [0.4, 0.5) is 0 Å². The van der Waals surface area contributed by atoms with Gasteiger partial charge in [-0.1, -0.05) is 58.6 Å². The molecule has 4 rings (SSSR count). The molecule has 0 spiro atoms. The second-order valence-corrected chi connectivity index (χ2v) is 7.02. The van der Waals surface area contributed by atoms with Gasteiger partial charge in [0, 0.05) is 4.90 Å². The van der Waals surface area contributed by atoms with Gasteiger partial charge in [-0.3, -0.25) is 9.59 Å². The molecule has 0 aliphatic carbocycles. The van der Waals surface area contributed by atoms with Crippen LogP contribution in [-0.4, -0.2) is 22.8 Å². The fraction of sp³-hybridized carbons (Fsp3) is 0. The van der Waals surface area contributed by atoms with Crippen LogP contribution in [0.5, 0.6) is 0 Å². The summed E-state index contributed by atoms with van der Waals surface area (Å²) in [4.78, 5) is 43.4. The topological polar surface area (TPSA) is 63.7 Å². The Hall–Kier alpha value is -2.54. The summed E-state index contributed by atoms with van der Waals surface area (Å²) in [5, 5.41) is 1.87. The van der Waals surface area contributed by atoms with E-state index in [0.717, 1.165) is 5.39 Å². The van der Waals surface area contributed by atoms with Gasteiger partial charge in [0.25, 0.3) is 11.8 Å². The van der Waals surface area contributed by atoms with Gasteiger partial charge < -0.3 is 4.84 Å². The van der Waals surface area contributed by atoms with Gasteiger partial charge in [0.05, 0.1) is 26.7 Å². The molecule has 0 atom stereocenters. The third-order valence-corrected chi connectivity index (χ3v) is 5.34. The van der Waals surface area contributed by atoms with Crippen molar-refractivity contribution in [3.63, 3.8) is 0 Å². The Morgan fingerprint density at radius 2 is 1.67 bits per heavy atom. The van der Waals surface area contributed by atoms with E-state index < -0.39 is 17.8 Å². The average molecular weight is 418 g/mol. The molecule has 0 aromatic heterocycles. The number of thiol groups is 1. The molecule has 0 radical (unpaired) electrons. The van der Waals surface area contributed by atoms with Crippen molar-refractivity contribution in [1.29, 1.82) is 0 Å². The minimum Gasteiger partial charge on any atom is -0.324 e. The first kappa shape index (κ1) is 17.9. The van der Waals surface area contributed by atoms with E-state index in [1.54, 1.807) is 24.3 Å². The van der Waals surface area contributed by atoms with Crippen LogP contribution >= 0.6 is 35.8 Å². The monoisotopic (exact) mass is 417 g/mol. The van der Waals surface area contributed by atoms with E-state index in [2.05, 4.69) is 12.6 Å². The summed E-state index contributed by atoms with van der Waals surface area (Å²) in [6.45, 7) is 0. The number of nitrogens with zero attached hydrogens (tertiary/aromatic N) is 1. The number of benzene rings is 3. The number of imide groups is 1. The Morgan fingerprint density at radius 1 is 0.963 bits per heavy atom. The maximum absolute atomic E-state index is 12.8. The third kappa shape index (κ3) is 2.77. The maximum atomic E-state index is 12.8. The Kier molecular flexibility index (Phi) is 4.34. The van der Waals surface area contributed by atoms with Crippen LogP contribution in [-0.2, 0) is 4.84 Å². The Balaban J connectivity index is 1.76. The fourth-order valence-corrected chi connectivity index (χ4v) is 3.67. The second-order valence-electron chi connectivity index (χ2n) is 5.75. The number of carbonyl (C=O) groups is 3. The van der Waals surface area contributed by atoms with E-state index >= 15 is 0 Å². The van der Waals surface area contributed by atoms with Gasteiger partial charge in [-0.25, -0.2) is 4.79 Å². The Bertz CT molecular complexity index is 1160. The molecule has 0 saturated carbocycles. The highest BCUT2D eigenvalue weighted by molar-refractivity contribution is 7.80. The number of hydrogen-bond acceptors (Lipinski definition) is 5. The molecular weight excluding hydrogens is 409 g/mol. The quantitative estimate of drug-likeness (QED) is 0.480. The molecule has 1 heterocycles. The molecule has 0 saturated heterocycles. The predicted molar refractivity (Wildman–Crippen MR) is 104 cm³/mol. The lowest BCUT2D eigenvalue weighted by Gasteiger charge is -2.13. The van der Waals surface area contributed by atoms with Crippen molar-refractivity contribution in [2.45, 2.75) is 4.90 Å². The highest BCUT2D eigenvalue weighted by Gasteiger charge is 2.42. The Labute approximate surface area is 168 Å². The van der Waals surface area contributed by atoms with Crippen LogP contribution in [0.15, 0.2) is 53.4 Å². The molecule has 3 aromatic carbocycles. The van der Waals surface area contributed by atoms with Gasteiger partial charge in [0.15, 0.2) is 0 Å². The molecule has 2 amide bonds. The lowest BCUT2D eigenvalue weighted by molar-refractivity contribution is -0.0584. The van der Waals surface area contributed by atoms with E-state index in [-0.39, 0.29) is 26.7 Å². The number of fused-ring (bicyclic) bond motifs is 3. The summed E-state index contributed by atoms with van der Waals surface area (Å²) in [6, 6.07) is 13.1. The molecular formula is C19H9Cl2NO4S. The zero-order valence-electron chi connectivity index (χ0n) is 13.4. The molecule has 3 aromatic rings. The molecule has 134 valence electrons. The fourth-order valence-electron chi connectivity index (χ4n) is 2.94. The minimum absolute atomic E-state index is 0.0268. The average Bonchev–Trinajstić information content (AvgIpc) is 2.90. The van der Waals surface area contributed by atoms with Crippen molar-refractivity contribution in [3.05, 3.63) is 75.3 Å². The first-order valence-corrected chi connectivity index (χ1v) is 8.90. The van der Waals surface area contributed by atoms with Gasteiger partial charge in [0.1, 0.15) is 0 Å². The van der Waals surface area contributed by atoms with Gasteiger partial charge in [-0.2, -0.15) is 0 Å². The summed E-state index contributed by atoms with van der Waals surface area (Å²) in [5.41, 5.74) is 0.178. The molecule has 1 aliphatic heterocycles. The number of hydroxylamine groups is 2. The van der Waals surface area contributed by atoms with Crippen molar-refractivity contribution in [3.8, 4) is 0 Å². The van der Waals surface area contributed by atoms with Gasteiger partial charge in [-0.15, -0.1) is 12.6 Å². The van der Waals surface area contributed by atoms with Crippen molar-refractivity contribution in [2.75, 3.05) is 0 Å². The standard InChI is InChI=1S/C19H9Cl2NO4S/c20-12-7-3-6-11(16(12)21)19(25)26-22-17(23)14-10-5-2-1-4-9(10)8-13(27)15(14)18(22)24/h1-8,27H. The predicted octanol–water partition coefficient (Wildman–Crippen LogP) is 4.80. The number of carbonyl (C=O) groups excluding carboxylic acids is 3. The largest absolute Gasteiger partial charge is 0.365 e. The van der Waals surface area contributed by atoms with Crippen molar-refractivity contribution < 1.29 is 19.2 Å². The molecule has 0 N–H and O–H groups in total. The molecule has 8 heteroatoms. The molecule has 1 aliphatic rings. The molecule has 0 fully saturated rings. The van der Waals surface area contributed by atoms with Crippen LogP contribution < -0.4 is 0 Å². The van der Waals surface area contributed by atoms with Crippen LogP contribution in [0, 0.1) is 0 Å². The van der Waals surface area contributed by atoms with Gasteiger partial charge in [0.2, 0.25) is 0 Å². The van der Waals surface area contributed by atoms with Crippen molar-refractivity contribution >= 4 is 64.4 Å². The van der Waals surface area contributed by atoms with Gasteiger partial charge in [-0.05, 0) is 29.0 Å². The van der Waals surface area contributed by atoms with E-state index in [4.69, 9.17) is 28.0 Å². The maximum Gasteiger partial charge on any atom is 0.365 e. The van der Waals surface area contributed by atoms with E-state index in [9.17, 15) is 14.4 Å². The third-order valence-electron chi connectivity index (χ3n) is 4.17. The number of halogens is 2. The number of hydrogen-bond donors (Lipinski definition) is 1. The summed E-state index contributed by atoms with van der Waals surface area (Å²) in [6.07, 6.45) is 0. The van der Waals surface area contributed by atoms with E-state index in [0.29, 0.717) is 15.3 Å². The zero-order chi connectivity index (χ0) is 19.3. The zero-order valence-corrected chi connectivity index (χ0v) is 15.8. The molecule has 0 unspecified atom stereocenters. The minimum atomic E-state index is -0.970. The second kappa shape index (κ2) is 6.56. The summed E-state index contributed by atoms with van der Waals surface area (Å²) in [7, 11) is 0. The Morgan fingerprint density at radius 3 is 2.44 bits per heavy atom. The van der Waals surface area contributed by atoms with Crippen LogP contribution in [0.25, 0.3) is 10.8 Å².